The number of nitrogens with one attached hydrogen (secondary N) is 2. The predicted octanol–water partition coefficient (Wildman–Crippen LogP) is 5.09. The Morgan fingerprint density at radius 2 is 1.88 bits per heavy atom. The largest absolute Gasteiger partial charge is 0.378 e. The summed E-state index contributed by atoms with van der Waals surface area (Å²) < 4.78 is 0. The van der Waals surface area contributed by atoms with Crippen LogP contribution < -0.4 is 10.6 Å². The van der Waals surface area contributed by atoms with Crippen molar-refractivity contribution < 1.29 is 4.79 Å². The maximum atomic E-state index is 11.4. The van der Waals surface area contributed by atoms with E-state index in [1.54, 1.807) is 6.92 Å². The Hall–Kier alpha value is -2.29. The van der Waals surface area contributed by atoms with Gasteiger partial charge in [0.25, 0.3) is 0 Å². The van der Waals surface area contributed by atoms with Gasteiger partial charge in [0.2, 0.25) is 5.91 Å². The second-order valence-electron chi connectivity index (χ2n) is 7.07. The first kappa shape index (κ1) is 15.3. The van der Waals surface area contributed by atoms with Gasteiger partial charge in [0, 0.05) is 18.3 Å². The molecule has 2 N–H and O–H groups in total. The van der Waals surface area contributed by atoms with Crippen LogP contribution in [0.2, 0.25) is 0 Å². The molecule has 3 atom stereocenters. The number of carbonyl (C=O) groups excluding carboxylic acids is 1. The first-order chi connectivity index (χ1) is 11.7. The summed E-state index contributed by atoms with van der Waals surface area (Å²) in [6.45, 7) is 1.56. The van der Waals surface area contributed by atoms with Gasteiger partial charge in [0.05, 0.1) is 6.04 Å². The van der Waals surface area contributed by atoms with Crippen molar-refractivity contribution in [3.63, 3.8) is 0 Å². The number of hydrogen-bond acceptors (Lipinski definition) is 2. The Morgan fingerprint density at radius 3 is 2.67 bits per heavy atom. The standard InChI is InChI=1S/C21H24N2O/c1-14(24)22-16-11-12-20-19(13-16)17-9-5-6-10-18(17)21(23-20)15-7-3-2-4-8-15/h2-4,7-8,11-13,17-18,21,23H,5-6,9-10H2,1H3,(H,22,24). The van der Waals surface area contributed by atoms with E-state index in [-0.39, 0.29) is 5.91 Å². The Balaban J connectivity index is 1.73. The van der Waals surface area contributed by atoms with Gasteiger partial charge in [0.15, 0.2) is 0 Å². The van der Waals surface area contributed by atoms with Crippen LogP contribution in [-0.2, 0) is 4.79 Å². The van der Waals surface area contributed by atoms with Crippen LogP contribution in [0, 0.1) is 5.92 Å². The molecule has 0 bridgehead atoms. The quantitative estimate of drug-likeness (QED) is 0.809. The third-order valence-electron chi connectivity index (χ3n) is 5.49. The zero-order chi connectivity index (χ0) is 16.5. The lowest BCUT2D eigenvalue weighted by Gasteiger charge is -2.44. The average Bonchev–Trinajstić information content (AvgIpc) is 2.61. The van der Waals surface area contributed by atoms with Crippen molar-refractivity contribution in [2.75, 3.05) is 10.6 Å². The summed E-state index contributed by atoms with van der Waals surface area (Å²) in [6, 6.07) is 17.5. The average molecular weight is 320 g/mol. The van der Waals surface area contributed by atoms with Crippen LogP contribution in [0.1, 0.15) is 55.7 Å². The van der Waals surface area contributed by atoms with Gasteiger partial charge in [-0.25, -0.2) is 0 Å². The molecule has 124 valence electrons. The third kappa shape index (κ3) is 2.79. The second-order valence-corrected chi connectivity index (χ2v) is 7.07. The minimum Gasteiger partial charge on any atom is -0.378 e. The number of hydrogen-bond donors (Lipinski definition) is 2. The minimum atomic E-state index is -0.0129. The van der Waals surface area contributed by atoms with Gasteiger partial charge in [-0.05, 0) is 54.0 Å². The van der Waals surface area contributed by atoms with Crippen molar-refractivity contribution in [1.29, 1.82) is 0 Å². The SMILES string of the molecule is CC(=O)Nc1ccc2c(c1)C1CCCCC1C(c1ccccc1)N2. The van der Waals surface area contributed by atoms with E-state index >= 15 is 0 Å². The fourth-order valence-electron chi connectivity index (χ4n) is 4.49. The predicted molar refractivity (Wildman–Crippen MR) is 98.3 cm³/mol. The highest BCUT2D eigenvalue weighted by Crippen LogP contribution is 2.51. The van der Waals surface area contributed by atoms with E-state index in [1.165, 1.54) is 42.5 Å². The van der Waals surface area contributed by atoms with Gasteiger partial charge >= 0.3 is 0 Å². The van der Waals surface area contributed by atoms with Crippen LogP contribution in [0.3, 0.4) is 0 Å². The molecule has 0 radical (unpaired) electrons. The molecule has 1 aliphatic heterocycles. The lowest BCUT2D eigenvalue weighted by atomic mass is 9.68. The van der Waals surface area contributed by atoms with E-state index in [4.69, 9.17) is 0 Å². The summed E-state index contributed by atoms with van der Waals surface area (Å²) in [5, 5.41) is 6.71. The molecule has 4 rings (SSSR count). The first-order valence-corrected chi connectivity index (χ1v) is 8.95. The lowest BCUT2D eigenvalue weighted by molar-refractivity contribution is -0.114. The van der Waals surface area contributed by atoms with Gasteiger partial charge in [-0.1, -0.05) is 43.2 Å². The summed E-state index contributed by atoms with van der Waals surface area (Å²) >= 11 is 0. The summed E-state index contributed by atoms with van der Waals surface area (Å²) in [5.41, 5.74) is 4.88. The van der Waals surface area contributed by atoms with E-state index in [0.717, 1.165) is 5.69 Å². The number of amides is 1. The van der Waals surface area contributed by atoms with Gasteiger partial charge in [-0.15, -0.1) is 0 Å². The monoisotopic (exact) mass is 320 g/mol. The number of benzene rings is 2. The van der Waals surface area contributed by atoms with Crippen molar-refractivity contribution in [1.82, 2.24) is 0 Å². The Morgan fingerprint density at radius 1 is 1.08 bits per heavy atom. The molecule has 24 heavy (non-hydrogen) atoms. The highest BCUT2D eigenvalue weighted by molar-refractivity contribution is 5.89. The number of rotatable bonds is 2. The summed E-state index contributed by atoms with van der Waals surface area (Å²) in [7, 11) is 0. The van der Waals surface area contributed by atoms with Crippen molar-refractivity contribution >= 4 is 17.3 Å². The van der Waals surface area contributed by atoms with Crippen LogP contribution in [-0.4, -0.2) is 5.91 Å². The Kier molecular flexibility index (Phi) is 4.01. The number of anilines is 2. The van der Waals surface area contributed by atoms with Gasteiger partial charge in [0.1, 0.15) is 0 Å². The Labute approximate surface area is 143 Å². The third-order valence-corrected chi connectivity index (χ3v) is 5.49. The fraction of sp³-hybridized carbons (Fsp3) is 0.381. The minimum absolute atomic E-state index is 0.0129. The molecule has 1 aliphatic carbocycles. The zero-order valence-electron chi connectivity index (χ0n) is 14.1. The maximum Gasteiger partial charge on any atom is 0.221 e. The van der Waals surface area contributed by atoms with Crippen molar-refractivity contribution in [3.8, 4) is 0 Å². The summed E-state index contributed by atoms with van der Waals surface area (Å²) in [5.74, 6) is 1.19. The van der Waals surface area contributed by atoms with E-state index in [1.807, 2.05) is 6.07 Å². The molecule has 3 nitrogen and oxygen atoms in total. The molecule has 3 unspecified atom stereocenters. The molecule has 0 spiro atoms. The number of fused-ring (bicyclic) bond motifs is 3. The van der Waals surface area contributed by atoms with E-state index < -0.39 is 0 Å². The van der Waals surface area contributed by atoms with E-state index in [0.29, 0.717) is 17.9 Å². The van der Waals surface area contributed by atoms with E-state index in [2.05, 4.69) is 53.1 Å². The molecule has 1 saturated carbocycles. The van der Waals surface area contributed by atoms with Crippen molar-refractivity contribution in [2.24, 2.45) is 5.92 Å². The molecule has 3 heteroatoms. The van der Waals surface area contributed by atoms with Crippen LogP contribution in [0.4, 0.5) is 11.4 Å². The molecule has 1 amide bonds. The van der Waals surface area contributed by atoms with Crippen molar-refractivity contribution in [3.05, 3.63) is 59.7 Å². The first-order valence-electron chi connectivity index (χ1n) is 8.95. The van der Waals surface area contributed by atoms with Crippen LogP contribution in [0.5, 0.6) is 0 Å². The molecule has 1 heterocycles. The summed E-state index contributed by atoms with van der Waals surface area (Å²) in [6.07, 6.45) is 5.12. The molecule has 2 aromatic rings. The maximum absolute atomic E-state index is 11.4. The second kappa shape index (κ2) is 6.31. The zero-order valence-corrected chi connectivity index (χ0v) is 14.1. The molecule has 2 aliphatic rings. The van der Waals surface area contributed by atoms with Crippen LogP contribution in [0.15, 0.2) is 48.5 Å². The Bertz CT molecular complexity index is 741. The van der Waals surface area contributed by atoms with Gasteiger partial charge in [-0.2, -0.15) is 0 Å². The highest BCUT2D eigenvalue weighted by Gasteiger charge is 2.38. The molecular formula is C21H24N2O. The summed E-state index contributed by atoms with van der Waals surface area (Å²) in [4.78, 5) is 11.4. The van der Waals surface area contributed by atoms with Crippen molar-refractivity contribution in [2.45, 2.75) is 44.6 Å². The van der Waals surface area contributed by atoms with Crippen LogP contribution >= 0.6 is 0 Å². The highest BCUT2D eigenvalue weighted by atomic mass is 16.1. The van der Waals surface area contributed by atoms with Crippen LogP contribution in [0.25, 0.3) is 0 Å². The lowest BCUT2D eigenvalue weighted by Crippen LogP contribution is -2.33. The molecule has 0 aromatic heterocycles. The molecule has 2 aromatic carbocycles. The smallest absolute Gasteiger partial charge is 0.221 e. The molecule has 0 saturated heterocycles. The van der Waals surface area contributed by atoms with Gasteiger partial charge < -0.3 is 10.6 Å². The molecule has 1 fully saturated rings. The van der Waals surface area contributed by atoms with E-state index in [9.17, 15) is 4.79 Å². The fourth-order valence-corrected chi connectivity index (χ4v) is 4.49. The normalized spacial score (nSPS) is 25.1. The number of carbonyl (C=O) groups is 1. The molecular weight excluding hydrogens is 296 g/mol. The van der Waals surface area contributed by atoms with Gasteiger partial charge in [-0.3, -0.25) is 4.79 Å². The topological polar surface area (TPSA) is 41.1 Å².